The summed E-state index contributed by atoms with van der Waals surface area (Å²) < 4.78 is 1.98. The van der Waals surface area contributed by atoms with Gasteiger partial charge in [0.05, 0.1) is 22.5 Å². The van der Waals surface area contributed by atoms with Crippen LogP contribution in [0.3, 0.4) is 0 Å². The second kappa shape index (κ2) is 8.29. The van der Waals surface area contributed by atoms with Gasteiger partial charge in [0, 0.05) is 28.6 Å². The van der Waals surface area contributed by atoms with E-state index in [1.54, 1.807) is 24.3 Å². The van der Waals surface area contributed by atoms with E-state index in [0.29, 0.717) is 40.8 Å². The number of hydrogen-bond acceptors (Lipinski definition) is 5. The van der Waals surface area contributed by atoms with Gasteiger partial charge in [0.1, 0.15) is 12.4 Å². The second-order valence-corrected chi connectivity index (χ2v) is 9.02. The van der Waals surface area contributed by atoms with Crippen molar-refractivity contribution in [1.82, 2.24) is 19.7 Å². The molecule has 0 saturated carbocycles. The molecule has 1 atom stereocenters. The van der Waals surface area contributed by atoms with Crippen molar-refractivity contribution in [2.24, 2.45) is 4.99 Å². The van der Waals surface area contributed by atoms with Gasteiger partial charge < -0.3 is 0 Å². The zero-order chi connectivity index (χ0) is 24.1. The van der Waals surface area contributed by atoms with Crippen LogP contribution in [0, 0.1) is 0 Å². The number of aromatic nitrogens is 3. The molecular formula is C27H20ClN5O2. The molecule has 0 spiro atoms. The predicted octanol–water partition coefficient (Wildman–Crippen LogP) is 4.50. The summed E-state index contributed by atoms with van der Waals surface area (Å²) in [7, 11) is 0. The van der Waals surface area contributed by atoms with E-state index in [2.05, 4.69) is 10.2 Å². The third-order valence-electron chi connectivity index (χ3n) is 6.45. The molecule has 3 heterocycles. The lowest BCUT2D eigenvalue weighted by Gasteiger charge is -2.22. The van der Waals surface area contributed by atoms with Crippen molar-refractivity contribution < 1.29 is 9.59 Å². The molecule has 3 aromatic carbocycles. The first-order chi connectivity index (χ1) is 17.0. The number of para-hydroxylation sites is 1. The number of nitrogens with zero attached hydrogens (tertiary/aromatic N) is 5. The van der Waals surface area contributed by atoms with Crippen LogP contribution in [0.1, 0.15) is 50.4 Å². The maximum atomic E-state index is 13.0. The van der Waals surface area contributed by atoms with E-state index in [1.165, 1.54) is 4.90 Å². The predicted molar refractivity (Wildman–Crippen MR) is 132 cm³/mol. The van der Waals surface area contributed by atoms with Crippen molar-refractivity contribution in [1.29, 1.82) is 0 Å². The molecule has 172 valence electrons. The Balaban J connectivity index is 1.38. The summed E-state index contributed by atoms with van der Waals surface area (Å²) >= 11 is 6.52. The summed E-state index contributed by atoms with van der Waals surface area (Å²) in [5, 5.41) is 9.46. The SMILES string of the molecule is C[C@@H](Cc1nnc2n1-c1ccccc1C(c1ccccc1Cl)=NC2)N1C(=O)c2ccccc2C1=O. The molecule has 2 aliphatic heterocycles. The summed E-state index contributed by atoms with van der Waals surface area (Å²) in [6.45, 7) is 2.18. The summed E-state index contributed by atoms with van der Waals surface area (Å²) in [6, 6.07) is 22.1. The molecule has 0 aliphatic carbocycles. The van der Waals surface area contributed by atoms with Crippen LogP contribution in [-0.4, -0.2) is 43.2 Å². The molecule has 4 aromatic rings. The number of halogens is 1. The van der Waals surface area contributed by atoms with Gasteiger partial charge in [-0.2, -0.15) is 0 Å². The van der Waals surface area contributed by atoms with Crippen LogP contribution in [0.5, 0.6) is 0 Å². The molecule has 0 radical (unpaired) electrons. The first kappa shape index (κ1) is 21.4. The van der Waals surface area contributed by atoms with Crippen LogP contribution in [0.2, 0.25) is 5.02 Å². The number of hydrogen-bond donors (Lipinski definition) is 0. The first-order valence-corrected chi connectivity index (χ1v) is 11.7. The Hall–Kier alpha value is -4.10. The molecule has 0 saturated heterocycles. The Morgan fingerprint density at radius 2 is 1.43 bits per heavy atom. The van der Waals surface area contributed by atoms with Gasteiger partial charge in [-0.1, -0.05) is 60.1 Å². The average Bonchev–Trinajstić information content (AvgIpc) is 3.32. The summed E-state index contributed by atoms with van der Waals surface area (Å²) in [5.41, 5.74) is 4.31. The molecule has 6 rings (SSSR count). The third-order valence-corrected chi connectivity index (χ3v) is 6.78. The molecule has 2 aliphatic rings. The van der Waals surface area contributed by atoms with E-state index in [-0.39, 0.29) is 11.8 Å². The van der Waals surface area contributed by atoms with Gasteiger partial charge in [-0.05, 0) is 31.2 Å². The maximum absolute atomic E-state index is 13.0. The Labute approximate surface area is 206 Å². The van der Waals surface area contributed by atoms with E-state index in [1.807, 2.05) is 60.0 Å². The van der Waals surface area contributed by atoms with Gasteiger partial charge in [0.15, 0.2) is 5.82 Å². The fourth-order valence-electron chi connectivity index (χ4n) is 4.82. The lowest BCUT2D eigenvalue weighted by atomic mass is 10.0. The van der Waals surface area contributed by atoms with Gasteiger partial charge in [-0.25, -0.2) is 0 Å². The molecular weight excluding hydrogens is 462 g/mol. The molecule has 35 heavy (non-hydrogen) atoms. The van der Waals surface area contributed by atoms with E-state index >= 15 is 0 Å². The maximum Gasteiger partial charge on any atom is 0.261 e. The van der Waals surface area contributed by atoms with Crippen molar-refractivity contribution in [2.45, 2.75) is 25.9 Å². The highest BCUT2D eigenvalue weighted by atomic mass is 35.5. The van der Waals surface area contributed by atoms with Gasteiger partial charge in [0.25, 0.3) is 11.8 Å². The largest absolute Gasteiger partial charge is 0.281 e. The first-order valence-electron chi connectivity index (χ1n) is 11.3. The number of fused-ring (bicyclic) bond motifs is 4. The zero-order valence-electron chi connectivity index (χ0n) is 18.9. The summed E-state index contributed by atoms with van der Waals surface area (Å²) in [4.78, 5) is 32.1. The quantitative estimate of drug-likeness (QED) is 0.402. The van der Waals surface area contributed by atoms with Crippen molar-refractivity contribution >= 4 is 29.1 Å². The molecule has 2 amide bonds. The van der Waals surface area contributed by atoms with Crippen LogP contribution >= 0.6 is 11.6 Å². The Morgan fingerprint density at radius 1 is 0.829 bits per heavy atom. The van der Waals surface area contributed by atoms with Crippen molar-refractivity contribution in [2.75, 3.05) is 0 Å². The van der Waals surface area contributed by atoms with E-state index < -0.39 is 6.04 Å². The minimum absolute atomic E-state index is 0.279. The number of amides is 2. The number of carbonyl (C=O) groups is 2. The molecule has 0 unspecified atom stereocenters. The molecule has 8 heteroatoms. The average molecular weight is 482 g/mol. The van der Waals surface area contributed by atoms with Crippen LogP contribution in [0.4, 0.5) is 0 Å². The van der Waals surface area contributed by atoms with Gasteiger partial charge in [0.2, 0.25) is 0 Å². The lowest BCUT2D eigenvalue weighted by Crippen LogP contribution is -2.39. The highest BCUT2D eigenvalue weighted by molar-refractivity contribution is 6.35. The highest BCUT2D eigenvalue weighted by Crippen LogP contribution is 2.30. The minimum Gasteiger partial charge on any atom is -0.281 e. The van der Waals surface area contributed by atoms with Gasteiger partial charge in [-0.15, -0.1) is 10.2 Å². The summed E-state index contributed by atoms with van der Waals surface area (Å²) in [5.74, 6) is 0.785. The van der Waals surface area contributed by atoms with Crippen LogP contribution < -0.4 is 0 Å². The van der Waals surface area contributed by atoms with Crippen molar-refractivity contribution in [3.05, 3.63) is 112 Å². The highest BCUT2D eigenvalue weighted by Gasteiger charge is 2.39. The Kier molecular flexibility index (Phi) is 5.07. The number of aliphatic imine (C=N–C) groups is 1. The Morgan fingerprint density at radius 3 is 2.11 bits per heavy atom. The van der Waals surface area contributed by atoms with Gasteiger partial charge >= 0.3 is 0 Å². The standard InChI is InChI=1S/C27H20ClN5O2/c1-16(32-26(34)17-8-2-3-9-18(17)27(32)35)14-23-30-31-24-15-29-25(19-10-4-6-12-21(19)28)20-11-5-7-13-22(20)33(23)24/h2-13,16H,14-15H2,1H3/t16-/m0/s1. The van der Waals surface area contributed by atoms with E-state index in [9.17, 15) is 9.59 Å². The fourth-order valence-corrected chi connectivity index (χ4v) is 5.04. The zero-order valence-corrected chi connectivity index (χ0v) is 19.6. The third kappa shape index (κ3) is 3.39. The van der Waals surface area contributed by atoms with Crippen LogP contribution in [0.15, 0.2) is 77.8 Å². The lowest BCUT2D eigenvalue weighted by molar-refractivity contribution is 0.0595. The molecule has 1 aromatic heterocycles. The van der Waals surface area contributed by atoms with Crippen molar-refractivity contribution in [3.63, 3.8) is 0 Å². The number of imide groups is 1. The molecule has 0 fully saturated rings. The second-order valence-electron chi connectivity index (χ2n) is 8.61. The normalized spacial score (nSPS) is 15.3. The number of benzene rings is 3. The number of rotatable bonds is 4. The topological polar surface area (TPSA) is 80.5 Å². The van der Waals surface area contributed by atoms with Crippen LogP contribution in [-0.2, 0) is 13.0 Å². The molecule has 0 N–H and O–H groups in total. The Bertz CT molecular complexity index is 1510. The molecule has 7 nitrogen and oxygen atoms in total. The number of carbonyl (C=O) groups excluding carboxylic acids is 2. The minimum atomic E-state index is -0.407. The fraction of sp³-hybridized carbons (Fsp3) is 0.148. The molecule has 0 bridgehead atoms. The monoisotopic (exact) mass is 481 g/mol. The van der Waals surface area contributed by atoms with Crippen molar-refractivity contribution in [3.8, 4) is 5.69 Å². The van der Waals surface area contributed by atoms with E-state index in [4.69, 9.17) is 16.6 Å². The summed E-state index contributed by atoms with van der Waals surface area (Å²) in [6.07, 6.45) is 0.355. The van der Waals surface area contributed by atoms with Gasteiger partial charge in [-0.3, -0.25) is 24.0 Å². The smallest absolute Gasteiger partial charge is 0.261 e. The van der Waals surface area contributed by atoms with E-state index in [0.717, 1.165) is 22.5 Å². The van der Waals surface area contributed by atoms with Crippen LogP contribution in [0.25, 0.3) is 5.69 Å².